The lowest BCUT2D eigenvalue weighted by Crippen LogP contribution is -2.09. The lowest BCUT2D eigenvalue weighted by Gasteiger charge is -2.07. The Kier molecular flexibility index (Phi) is 3.15. The standard InChI is InChI=1S/C14H13N3O2S/c1-9-3-2-4-11(12(9)15)13(18)19-8-10-7-17-5-6-20-14(17)16-10/h2-7H,8,15H2,1H3. The predicted octanol–water partition coefficient (Wildman–Crippen LogP) is 2.64. The highest BCUT2D eigenvalue weighted by Crippen LogP contribution is 2.18. The number of para-hydroxylation sites is 1. The summed E-state index contributed by atoms with van der Waals surface area (Å²) in [6, 6.07) is 5.31. The van der Waals surface area contributed by atoms with Gasteiger partial charge < -0.3 is 10.5 Å². The summed E-state index contributed by atoms with van der Waals surface area (Å²) in [6.07, 6.45) is 3.76. The number of nitrogens with zero attached hydrogens (tertiary/aromatic N) is 2. The summed E-state index contributed by atoms with van der Waals surface area (Å²) in [5.41, 5.74) is 8.32. The number of hydrogen-bond acceptors (Lipinski definition) is 5. The molecule has 0 amide bonds. The number of esters is 1. The van der Waals surface area contributed by atoms with E-state index in [0.717, 1.165) is 16.2 Å². The first-order valence-electron chi connectivity index (χ1n) is 6.08. The van der Waals surface area contributed by atoms with Crippen LogP contribution in [0.3, 0.4) is 0 Å². The van der Waals surface area contributed by atoms with Gasteiger partial charge in [-0.2, -0.15) is 0 Å². The second-order valence-corrected chi connectivity index (χ2v) is 5.31. The minimum atomic E-state index is -0.428. The molecule has 102 valence electrons. The van der Waals surface area contributed by atoms with Crippen LogP contribution in [0.5, 0.6) is 0 Å². The third kappa shape index (κ3) is 2.25. The van der Waals surface area contributed by atoms with Crippen LogP contribution in [0.1, 0.15) is 21.6 Å². The molecule has 0 saturated carbocycles. The lowest BCUT2D eigenvalue weighted by atomic mass is 10.1. The van der Waals surface area contributed by atoms with Crippen LogP contribution < -0.4 is 5.73 Å². The van der Waals surface area contributed by atoms with E-state index >= 15 is 0 Å². The number of carbonyl (C=O) groups excluding carboxylic acids is 1. The number of nitrogens with two attached hydrogens (primary N) is 1. The fourth-order valence-corrected chi connectivity index (χ4v) is 2.64. The summed E-state index contributed by atoms with van der Waals surface area (Å²) >= 11 is 1.53. The van der Waals surface area contributed by atoms with Crippen molar-refractivity contribution in [3.05, 3.63) is 52.8 Å². The molecule has 0 bridgehead atoms. The van der Waals surface area contributed by atoms with Gasteiger partial charge in [-0.3, -0.25) is 4.40 Å². The molecule has 5 nitrogen and oxygen atoms in total. The van der Waals surface area contributed by atoms with Gasteiger partial charge in [0.1, 0.15) is 6.61 Å². The smallest absolute Gasteiger partial charge is 0.340 e. The van der Waals surface area contributed by atoms with Gasteiger partial charge >= 0.3 is 5.97 Å². The number of benzene rings is 1. The number of hydrogen-bond donors (Lipinski definition) is 1. The van der Waals surface area contributed by atoms with Gasteiger partial charge in [0.2, 0.25) is 0 Å². The van der Waals surface area contributed by atoms with Gasteiger partial charge in [-0.15, -0.1) is 11.3 Å². The zero-order valence-corrected chi connectivity index (χ0v) is 11.7. The van der Waals surface area contributed by atoms with Crippen LogP contribution in [-0.4, -0.2) is 15.4 Å². The first kappa shape index (κ1) is 12.7. The minimum absolute atomic E-state index is 0.139. The van der Waals surface area contributed by atoms with Gasteiger partial charge in [0.25, 0.3) is 0 Å². The molecule has 20 heavy (non-hydrogen) atoms. The largest absolute Gasteiger partial charge is 0.455 e. The molecule has 3 rings (SSSR count). The normalized spacial score (nSPS) is 10.8. The molecule has 0 spiro atoms. The zero-order chi connectivity index (χ0) is 14.1. The quantitative estimate of drug-likeness (QED) is 0.594. The average molecular weight is 287 g/mol. The predicted molar refractivity (Wildman–Crippen MR) is 77.8 cm³/mol. The fourth-order valence-electron chi connectivity index (χ4n) is 1.92. The van der Waals surface area contributed by atoms with Gasteiger partial charge in [-0.1, -0.05) is 12.1 Å². The third-order valence-corrected chi connectivity index (χ3v) is 3.81. The second kappa shape index (κ2) is 4.97. The Bertz CT molecular complexity index is 747. The van der Waals surface area contributed by atoms with Gasteiger partial charge in [-0.05, 0) is 18.6 Å². The van der Waals surface area contributed by atoms with Crippen LogP contribution in [0.15, 0.2) is 36.0 Å². The van der Waals surface area contributed by atoms with Crippen LogP contribution in [-0.2, 0) is 11.3 Å². The van der Waals surface area contributed by atoms with E-state index in [4.69, 9.17) is 10.5 Å². The van der Waals surface area contributed by atoms with E-state index in [1.165, 1.54) is 11.3 Å². The molecule has 0 aliphatic heterocycles. The van der Waals surface area contributed by atoms with Crippen LogP contribution >= 0.6 is 11.3 Å². The van der Waals surface area contributed by atoms with E-state index in [2.05, 4.69) is 4.98 Å². The number of aryl methyl sites for hydroxylation is 1. The molecule has 0 radical (unpaired) electrons. The van der Waals surface area contributed by atoms with E-state index in [9.17, 15) is 4.79 Å². The molecule has 0 atom stereocenters. The molecule has 0 saturated heterocycles. The Balaban J connectivity index is 1.73. The van der Waals surface area contributed by atoms with Gasteiger partial charge in [0.15, 0.2) is 4.96 Å². The number of imidazole rings is 1. The Labute approximate surface area is 119 Å². The number of ether oxygens (including phenoxy) is 1. The van der Waals surface area contributed by atoms with Crippen molar-refractivity contribution < 1.29 is 9.53 Å². The number of nitrogen functional groups attached to an aromatic ring is 1. The Morgan fingerprint density at radius 3 is 3.15 bits per heavy atom. The Morgan fingerprint density at radius 2 is 2.35 bits per heavy atom. The van der Waals surface area contributed by atoms with Crippen LogP contribution in [0.4, 0.5) is 5.69 Å². The van der Waals surface area contributed by atoms with Crippen LogP contribution in [0, 0.1) is 6.92 Å². The molecule has 2 aromatic heterocycles. The van der Waals surface area contributed by atoms with Crippen LogP contribution in [0.2, 0.25) is 0 Å². The summed E-state index contributed by atoms with van der Waals surface area (Å²) in [6.45, 7) is 2.00. The van der Waals surface area contributed by atoms with Crippen LogP contribution in [0.25, 0.3) is 4.96 Å². The highest BCUT2D eigenvalue weighted by atomic mass is 32.1. The molecule has 2 N–H and O–H groups in total. The number of fused-ring (bicyclic) bond motifs is 1. The molecular weight excluding hydrogens is 274 g/mol. The molecule has 0 fully saturated rings. The van der Waals surface area contributed by atoms with Crippen molar-refractivity contribution in [3.8, 4) is 0 Å². The Morgan fingerprint density at radius 1 is 1.50 bits per heavy atom. The van der Waals surface area contributed by atoms with E-state index in [0.29, 0.717) is 11.3 Å². The topological polar surface area (TPSA) is 69.6 Å². The number of carbonyl (C=O) groups is 1. The zero-order valence-electron chi connectivity index (χ0n) is 10.9. The van der Waals surface area contributed by atoms with Crippen molar-refractivity contribution in [2.75, 3.05) is 5.73 Å². The van der Waals surface area contributed by atoms with Crippen molar-refractivity contribution in [3.63, 3.8) is 0 Å². The van der Waals surface area contributed by atoms with Gasteiger partial charge in [0, 0.05) is 23.5 Å². The summed E-state index contributed by atoms with van der Waals surface area (Å²) in [7, 11) is 0. The molecule has 0 aliphatic rings. The molecule has 1 aromatic carbocycles. The molecule has 3 aromatic rings. The maximum Gasteiger partial charge on any atom is 0.340 e. The lowest BCUT2D eigenvalue weighted by molar-refractivity contribution is 0.0469. The van der Waals surface area contributed by atoms with Crippen molar-refractivity contribution in [2.45, 2.75) is 13.5 Å². The minimum Gasteiger partial charge on any atom is -0.455 e. The summed E-state index contributed by atoms with van der Waals surface area (Å²) in [5, 5.41) is 1.95. The number of thiazole rings is 1. The van der Waals surface area contributed by atoms with E-state index in [1.807, 2.05) is 35.2 Å². The average Bonchev–Trinajstić information content (AvgIpc) is 3.00. The molecular formula is C14H13N3O2S. The third-order valence-electron chi connectivity index (χ3n) is 3.04. The highest BCUT2D eigenvalue weighted by Gasteiger charge is 2.13. The number of aromatic nitrogens is 2. The first-order valence-corrected chi connectivity index (χ1v) is 6.96. The maximum atomic E-state index is 12.0. The van der Waals surface area contributed by atoms with Crippen molar-refractivity contribution in [1.29, 1.82) is 0 Å². The summed E-state index contributed by atoms with van der Waals surface area (Å²) in [4.78, 5) is 17.2. The fraction of sp³-hybridized carbons (Fsp3) is 0.143. The molecule has 2 heterocycles. The molecule has 6 heteroatoms. The molecule has 0 unspecified atom stereocenters. The second-order valence-electron chi connectivity index (χ2n) is 4.44. The van der Waals surface area contributed by atoms with Gasteiger partial charge in [-0.25, -0.2) is 9.78 Å². The van der Waals surface area contributed by atoms with E-state index < -0.39 is 5.97 Å². The summed E-state index contributed by atoms with van der Waals surface area (Å²) in [5.74, 6) is -0.428. The maximum absolute atomic E-state index is 12.0. The summed E-state index contributed by atoms with van der Waals surface area (Å²) < 4.78 is 7.16. The monoisotopic (exact) mass is 287 g/mol. The van der Waals surface area contributed by atoms with Crippen molar-refractivity contribution >= 4 is 28.0 Å². The highest BCUT2D eigenvalue weighted by molar-refractivity contribution is 7.15. The first-order chi connectivity index (χ1) is 9.65. The van der Waals surface area contributed by atoms with E-state index in [-0.39, 0.29) is 6.61 Å². The molecule has 0 aliphatic carbocycles. The van der Waals surface area contributed by atoms with Crippen molar-refractivity contribution in [2.24, 2.45) is 0 Å². The van der Waals surface area contributed by atoms with Crippen molar-refractivity contribution in [1.82, 2.24) is 9.38 Å². The van der Waals surface area contributed by atoms with Gasteiger partial charge in [0.05, 0.1) is 11.3 Å². The Hall–Kier alpha value is -2.34. The number of rotatable bonds is 3. The SMILES string of the molecule is Cc1cccc(C(=O)OCc2cn3ccsc3n2)c1N. The van der Waals surface area contributed by atoms with E-state index in [1.54, 1.807) is 12.1 Å². The number of anilines is 1.